The first-order valence-electron chi connectivity index (χ1n) is 9.45. The number of carbonyl (C=O) groups is 1. The highest BCUT2D eigenvalue weighted by atomic mass is 32.2. The van der Waals surface area contributed by atoms with Crippen LogP contribution in [-0.4, -0.2) is 44.1 Å². The molecule has 9 heteroatoms. The van der Waals surface area contributed by atoms with Gasteiger partial charge in [0, 0.05) is 5.56 Å². The average Bonchev–Trinajstić information content (AvgIpc) is 3.38. The fourth-order valence-corrected chi connectivity index (χ4v) is 3.85. The van der Waals surface area contributed by atoms with Crippen LogP contribution in [0.25, 0.3) is 28.1 Å². The van der Waals surface area contributed by atoms with Gasteiger partial charge in [-0.1, -0.05) is 41.1 Å². The van der Waals surface area contributed by atoms with Crippen LogP contribution in [0.2, 0.25) is 0 Å². The summed E-state index contributed by atoms with van der Waals surface area (Å²) in [6.45, 7) is 4.00. The molecule has 0 spiro atoms. The zero-order valence-corrected chi connectivity index (χ0v) is 18.0. The molecule has 0 aliphatic carbocycles. The van der Waals surface area contributed by atoms with Crippen molar-refractivity contribution in [3.05, 3.63) is 65.2 Å². The van der Waals surface area contributed by atoms with Gasteiger partial charge in [0.2, 0.25) is 5.89 Å². The van der Waals surface area contributed by atoms with Crippen molar-refractivity contribution in [2.45, 2.75) is 19.1 Å². The number of fused-ring (bicyclic) bond motifs is 1. The summed E-state index contributed by atoms with van der Waals surface area (Å²) in [7, 11) is 1.25. The van der Waals surface area contributed by atoms with Gasteiger partial charge in [-0.3, -0.25) is 0 Å². The number of nitrogens with zero attached hydrogens (tertiary/aromatic N) is 3. The van der Waals surface area contributed by atoms with Crippen LogP contribution in [0.15, 0.2) is 57.9 Å². The molecule has 0 bridgehead atoms. The minimum absolute atomic E-state index is 0.0238. The fraction of sp³-hybridized carbons (Fsp3) is 0.182. The van der Waals surface area contributed by atoms with Crippen molar-refractivity contribution in [2.75, 3.05) is 12.9 Å². The zero-order valence-electron chi connectivity index (χ0n) is 17.2. The molecule has 4 aromatic rings. The average molecular weight is 436 g/mol. The largest absolute Gasteiger partial charge is 0.510 e. The topological polar surface area (TPSA) is 114 Å². The van der Waals surface area contributed by atoms with E-state index in [-0.39, 0.29) is 28.1 Å². The first-order chi connectivity index (χ1) is 14.9. The monoisotopic (exact) mass is 436 g/mol. The number of aliphatic hydroxyl groups is 1. The van der Waals surface area contributed by atoms with Crippen LogP contribution < -0.4 is 0 Å². The lowest BCUT2D eigenvalue weighted by Gasteiger charge is -2.06. The van der Waals surface area contributed by atoms with Gasteiger partial charge >= 0.3 is 5.97 Å². The number of rotatable bonds is 6. The summed E-state index contributed by atoms with van der Waals surface area (Å²) >= 11 is 1.11. The number of imidazole rings is 1. The third-order valence-corrected chi connectivity index (χ3v) is 5.34. The van der Waals surface area contributed by atoms with E-state index in [1.54, 1.807) is 0 Å². The minimum atomic E-state index is -0.696. The van der Waals surface area contributed by atoms with Crippen molar-refractivity contribution in [2.24, 2.45) is 0 Å². The number of aryl methyl sites for hydroxylation is 2. The Balaban J connectivity index is 1.58. The van der Waals surface area contributed by atoms with E-state index in [1.165, 1.54) is 7.11 Å². The van der Waals surface area contributed by atoms with Gasteiger partial charge in [0.15, 0.2) is 0 Å². The van der Waals surface area contributed by atoms with Crippen LogP contribution >= 0.6 is 11.8 Å². The number of nitrogens with one attached hydrogen (secondary N) is 1. The molecule has 8 nitrogen and oxygen atoms in total. The Labute approximate surface area is 182 Å². The van der Waals surface area contributed by atoms with E-state index in [1.807, 2.05) is 50.2 Å². The molecule has 2 N–H and O–H groups in total. The number of carbonyl (C=O) groups excluding carboxylic acids is 1. The number of hydrogen-bond donors (Lipinski definition) is 2. The normalized spacial score (nSPS) is 12.1. The smallest absolute Gasteiger partial charge is 0.345 e. The van der Waals surface area contributed by atoms with E-state index in [9.17, 15) is 9.90 Å². The second-order valence-corrected chi connectivity index (χ2v) is 7.88. The van der Waals surface area contributed by atoms with Gasteiger partial charge in [-0.05, 0) is 38.1 Å². The maximum Gasteiger partial charge on any atom is 0.345 e. The second kappa shape index (κ2) is 8.65. The summed E-state index contributed by atoms with van der Waals surface area (Å²) in [5.41, 5.74) is 4.39. The van der Waals surface area contributed by atoms with Gasteiger partial charge in [0.05, 0.1) is 23.9 Å². The number of esters is 1. The van der Waals surface area contributed by atoms with Crippen LogP contribution in [0, 0.1) is 13.8 Å². The van der Waals surface area contributed by atoms with Gasteiger partial charge < -0.3 is 19.2 Å². The highest BCUT2D eigenvalue weighted by Gasteiger charge is 2.23. The van der Waals surface area contributed by atoms with Crippen molar-refractivity contribution in [3.63, 3.8) is 0 Å². The van der Waals surface area contributed by atoms with Crippen LogP contribution in [0.4, 0.5) is 0 Å². The molecule has 0 atom stereocenters. The van der Waals surface area contributed by atoms with Crippen molar-refractivity contribution < 1.29 is 19.1 Å². The molecule has 0 saturated heterocycles. The van der Waals surface area contributed by atoms with Crippen molar-refractivity contribution in [1.29, 1.82) is 0 Å². The van der Waals surface area contributed by atoms with Crippen LogP contribution in [0.3, 0.4) is 0 Å². The Kier molecular flexibility index (Phi) is 5.77. The molecule has 31 heavy (non-hydrogen) atoms. The molecular weight excluding hydrogens is 416 g/mol. The lowest BCUT2D eigenvalue weighted by atomic mass is 10.1. The Morgan fingerprint density at radius 2 is 1.90 bits per heavy atom. The molecule has 0 saturated carbocycles. The van der Waals surface area contributed by atoms with E-state index >= 15 is 0 Å². The Bertz CT molecular complexity index is 1240. The third-order valence-electron chi connectivity index (χ3n) is 4.51. The molecule has 158 valence electrons. The number of benzene rings is 2. The predicted octanol–water partition coefficient (Wildman–Crippen LogP) is 4.46. The number of ether oxygens (including phenoxy) is 1. The second-order valence-electron chi connectivity index (χ2n) is 6.95. The molecule has 2 heterocycles. The number of aromatic amines is 1. The molecule has 0 aliphatic heterocycles. The van der Waals surface area contributed by atoms with Crippen molar-refractivity contribution in [3.8, 4) is 11.5 Å². The van der Waals surface area contributed by atoms with E-state index in [2.05, 4.69) is 26.2 Å². The Hall–Kier alpha value is -3.59. The number of methoxy groups -OCH3 is 1. The first-order valence-corrected chi connectivity index (χ1v) is 10.4. The Morgan fingerprint density at radius 3 is 2.61 bits per heavy atom. The number of hydrogen-bond acceptors (Lipinski definition) is 8. The van der Waals surface area contributed by atoms with Gasteiger partial charge in [0.1, 0.15) is 17.2 Å². The van der Waals surface area contributed by atoms with Gasteiger partial charge in [-0.15, -0.1) is 10.2 Å². The molecule has 2 aromatic carbocycles. The van der Waals surface area contributed by atoms with Crippen LogP contribution in [0.1, 0.15) is 17.0 Å². The summed E-state index contributed by atoms with van der Waals surface area (Å²) in [6.07, 6.45) is 0. The molecule has 4 rings (SSSR count). The number of thioether (sulfide) groups is 1. The summed E-state index contributed by atoms with van der Waals surface area (Å²) in [5.74, 6) is -0.257. The molecule has 0 radical (unpaired) electrons. The first kappa shape index (κ1) is 20.7. The van der Waals surface area contributed by atoms with E-state index in [0.717, 1.165) is 34.0 Å². The molecule has 0 aliphatic rings. The Morgan fingerprint density at radius 1 is 1.16 bits per heavy atom. The summed E-state index contributed by atoms with van der Waals surface area (Å²) < 4.78 is 10.6. The van der Waals surface area contributed by atoms with E-state index in [4.69, 9.17) is 9.15 Å². The van der Waals surface area contributed by atoms with Gasteiger partial charge in [-0.2, -0.15) is 0 Å². The summed E-state index contributed by atoms with van der Waals surface area (Å²) in [6, 6.07) is 13.3. The van der Waals surface area contributed by atoms with Crippen molar-refractivity contribution in [1.82, 2.24) is 20.2 Å². The molecule has 0 amide bonds. The highest BCUT2D eigenvalue weighted by Crippen LogP contribution is 2.28. The molecule has 0 fully saturated rings. The third kappa shape index (κ3) is 4.46. The quantitative estimate of drug-likeness (QED) is 0.197. The predicted molar refractivity (Wildman–Crippen MR) is 118 cm³/mol. The van der Waals surface area contributed by atoms with Gasteiger partial charge in [-0.25, -0.2) is 9.78 Å². The van der Waals surface area contributed by atoms with Crippen molar-refractivity contribution >= 4 is 34.3 Å². The standard InChI is InChI=1S/C22H20N4O4S/c1-12-8-13(2)10-14(9-12)20-25-26-22(30-20)31-11-17(27)18(21(28)29-3)19-23-15-6-4-5-7-16(15)24-19/h4-10,27H,11H2,1-3H3,(H,23,24)/b18-17+. The fourth-order valence-electron chi connectivity index (χ4n) is 3.21. The zero-order chi connectivity index (χ0) is 22.0. The number of aliphatic hydroxyl groups excluding tert-OH is 1. The maximum atomic E-state index is 12.3. The number of aromatic nitrogens is 4. The summed E-state index contributed by atoms with van der Waals surface area (Å²) in [4.78, 5) is 19.8. The van der Waals surface area contributed by atoms with Gasteiger partial charge in [0.25, 0.3) is 5.22 Å². The maximum absolute atomic E-state index is 12.3. The SMILES string of the molecule is COC(=O)/C(=C(/O)CSc1nnc(-c2cc(C)cc(C)c2)o1)c1nc2ccccc2[nH]1. The van der Waals surface area contributed by atoms with Crippen LogP contribution in [0.5, 0.6) is 0 Å². The lowest BCUT2D eigenvalue weighted by molar-refractivity contribution is -0.133. The summed E-state index contributed by atoms with van der Waals surface area (Å²) in [5, 5.41) is 19.0. The molecule has 0 unspecified atom stereocenters. The highest BCUT2D eigenvalue weighted by molar-refractivity contribution is 7.99. The lowest BCUT2D eigenvalue weighted by Crippen LogP contribution is -2.09. The molecule has 2 aromatic heterocycles. The molecular formula is C22H20N4O4S. The minimum Gasteiger partial charge on any atom is -0.510 e. The van der Waals surface area contributed by atoms with E-state index in [0.29, 0.717) is 11.4 Å². The number of para-hydroxylation sites is 2. The van der Waals surface area contributed by atoms with E-state index < -0.39 is 5.97 Å². The van der Waals surface area contributed by atoms with Crippen LogP contribution in [-0.2, 0) is 9.53 Å². The number of H-pyrrole nitrogens is 1.